The summed E-state index contributed by atoms with van der Waals surface area (Å²) in [5, 5.41) is 0. The molecule has 3 rings (SSSR count). The molecule has 21 heavy (non-hydrogen) atoms. The van der Waals surface area contributed by atoms with Gasteiger partial charge < -0.3 is 14.6 Å². The number of aryl methyl sites for hydroxylation is 1. The average Bonchev–Trinajstić information content (AvgIpc) is 2.94. The Labute approximate surface area is 132 Å². The molecule has 0 amide bonds. The highest BCUT2D eigenvalue weighted by Gasteiger charge is 2.25. The van der Waals surface area contributed by atoms with Gasteiger partial charge >= 0.3 is 6.01 Å². The first-order valence-corrected chi connectivity index (χ1v) is 7.79. The summed E-state index contributed by atoms with van der Waals surface area (Å²) in [4.78, 5) is 18.4. The van der Waals surface area contributed by atoms with E-state index >= 15 is 0 Å². The Kier molecular flexibility index (Phi) is 4.10. The molecule has 0 radical (unpaired) electrons. The highest BCUT2D eigenvalue weighted by atomic mass is 79.9. The van der Waals surface area contributed by atoms with E-state index in [1.165, 1.54) is 11.4 Å². The Morgan fingerprint density at radius 1 is 1.33 bits per heavy atom. The van der Waals surface area contributed by atoms with E-state index in [2.05, 4.69) is 47.7 Å². The number of halogens is 1. The van der Waals surface area contributed by atoms with Crippen molar-refractivity contribution in [2.24, 2.45) is 0 Å². The van der Waals surface area contributed by atoms with Crippen molar-refractivity contribution in [1.29, 1.82) is 0 Å². The quantitative estimate of drug-likeness (QED) is 0.920. The van der Waals surface area contributed by atoms with E-state index in [0.717, 1.165) is 36.2 Å². The van der Waals surface area contributed by atoms with E-state index in [0.29, 0.717) is 11.9 Å². The van der Waals surface area contributed by atoms with E-state index in [4.69, 9.17) is 4.74 Å². The molecule has 2 aromatic heterocycles. The van der Waals surface area contributed by atoms with Crippen molar-refractivity contribution < 1.29 is 4.74 Å². The van der Waals surface area contributed by atoms with Gasteiger partial charge in [-0.25, -0.2) is 9.97 Å². The maximum Gasteiger partial charge on any atom is 0.318 e. The van der Waals surface area contributed by atoms with Crippen molar-refractivity contribution in [2.45, 2.75) is 25.7 Å². The normalized spacial score (nSPS) is 16.2. The zero-order valence-corrected chi connectivity index (χ0v) is 13.7. The van der Waals surface area contributed by atoms with Crippen LogP contribution in [0.3, 0.4) is 0 Å². The van der Waals surface area contributed by atoms with Crippen LogP contribution in [-0.2, 0) is 0 Å². The van der Waals surface area contributed by atoms with Crippen LogP contribution < -0.4 is 9.64 Å². The number of aromatic amines is 1. The first-order chi connectivity index (χ1) is 10.2. The third-order valence-electron chi connectivity index (χ3n) is 3.94. The van der Waals surface area contributed by atoms with Crippen LogP contribution in [0.25, 0.3) is 0 Å². The van der Waals surface area contributed by atoms with Gasteiger partial charge in [0, 0.05) is 24.7 Å². The maximum absolute atomic E-state index is 5.11. The lowest BCUT2D eigenvalue weighted by molar-refractivity contribution is 0.378. The highest BCUT2D eigenvalue weighted by molar-refractivity contribution is 9.10. The number of ether oxygens (including phenoxy) is 1. The number of nitrogens with one attached hydrogen (secondary N) is 1. The largest absolute Gasteiger partial charge is 0.467 e. The summed E-state index contributed by atoms with van der Waals surface area (Å²) in [5.74, 6) is 1.43. The van der Waals surface area contributed by atoms with E-state index in [9.17, 15) is 0 Å². The standard InChI is InChI=1S/C14H18BrN5O/c1-9-12(18-8-17-9)10-3-5-20(6-4-10)13-11(15)7-16-14(19-13)21-2/h7-8,10H,3-6H2,1-2H3,(H,17,18). The van der Waals surface area contributed by atoms with Crippen LogP contribution in [0.5, 0.6) is 6.01 Å². The molecule has 0 unspecified atom stereocenters. The second-order valence-electron chi connectivity index (χ2n) is 5.20. The summed E-state index contributed by atoms with van der Waals surface area (Å²) in [6.07, 6.45) is 5.67. The fraction of sp³-hybridized carbons (Fsp3) is 0.500. The number of rotatable bonds is 3. The second kappa shape index (κ2) is 6.01. The lowest BCUT2D eigenvalue weighted by atomic mass is 9.92. The van der Waals surface area contributed by atoms with Crippen molar-refractivity contribution in [3.63, 3.8) is 0 Å². The van der Waals surface area contributed by atoms with Crippen LogP contribution >= 0.6 is 15.9 Å². The van der Waals surface area contributed by atoms with Gasteiger partial charge in [-0.2, -0.15) is 4.98 Å². The van der Waals surface area contributed by atoms with Crippen LogP contribution in [0.1, 0.15) is 30.1 Å². The topological polar surface area (TPSA) is 66.9 Å². The molecule has 1 fully saturated rings. The van der Waals surface area contributed by atoms with E-state index in [1.807, 2.05) is 0 Å². The molecular formula is C14H18BrN5O. The molecule has 0 bridgehead atoms. The number of methoxy groups -OCH3 is 1. The van der Waals surface area contributed by atoms with E-state index < -0.39 is 0 Å². The average molecular weight is 352 g/mol. The number of nitrogens with zero attached hydrogens (tertiary/aromatic N) is 4. The predicted octanol–water partition coefficient (Wildman–Crippen LogP) is 2.66. The highest BCUT2D eigenvalue weighted by Crippen LogP contribution is 2.33. The fourth-order valence-corrected chi connectivity index (χ4v) is 3.25. The first-order valence-electron chi connectivity index (χ1n) is 7.00. The number of imidazole rings is 1. The van der Waals surface area contributed by atoms with Gasteiger partial charge in [0.2, 0.25) is 0 Å². The van der Waals surface area contributed by atoms with E-state index in [1.54, 1.807) is 19.6 Å². The lowest BCUT2D eigenvalue weighted by Crippen LogP contribution is -2.34. The summed E-state index contributed by atoms with van der Waals surface area (Å²) >= 11 is 3.52. The van der Waals surface area contributed by atoms with E-state index in [-0.39, 0.29) is 0 Å². The second-order valence-corrected chi connectivity index (χ2v) is 6.06. The molecule has 112 valence electrons. The van der Waals surface area contributed by atoms with Crippen molar-refractivity contribution in [3.05, 3.63) is 28.4 Å². The van der Waals surface area contributed by atoms with Crippen LogP contribution in [0.15, 0.2) is 17.0 Å². The molecule has 1 saturated heterocycles. The Morgan fingerprint density at radius 2 is 2.10 bits per heavy atom. The molecule has 0 atom stereocenters. The third-order valence-corrected chi connectivity index (χ3v) is 4.50. The molecule has 0 aliphatic carbocycles. The minimum absolute atomic E-state index is 0.401. The van der Waals surface area contributed by atoms with Gasteiger partial charge in [0.25, 0.3) is 0 Å². The molecule has 1 aliphatic heterocycles. The lowest BCUT2D eigenvalue weighted by Gasteiger charge is -2.32. The van der Waals surface area contributed by atoms with Crippen molar-refractivity contribution >= 4 is 21.7 Å². The van der Waals surface area contributed by atoms with Gasteiger partial charge in [-0.3, -0.25) is 0 Å². The van der Waals surface area contributed by atoms with Gasteiger partial charge in [-0.15, -0.1) is 0 Å². The number of H-pyrrole nitrogens is 1. The summed E-state index contributed by atoms with van der Waals surface area (Å²) in [7, 11) is 1.58. The van der Waals surface area contributed by atoms with Gasteiger partial charge in [0.1, 0.15) is 5.82 Å². The van der Waals surface area contributed by atoms with Crippen molar-refractivity contribution in [2.75, 3.05) is 25.1 Å². The molecule has 6 nitrogen and oxygen atoms in total. The zero-order valence-electron chi connectivity index (χ0n) is 12.1. The Morgan fingerprint density at radius 3 is 2.71 bits per heavy atom. The Balaban J connectivity index is 1.72. The molecule has 3 heterocycles. The molecular weight excluding hydrogens is 334 g/mol. The summed E-state index contributed by atoms with van der Waals surface area (Å²) in [5.41, 5.74) is 2.38. The van der Waals surface area contributed by atoms with Crippen molar-refractivity contribution in [1.82, 2.24) is 19.9 Å². The summed E-state index contributed by atoms with van der Waals surface area (Å²) < 4.78 is 6.01. The van der Waals surface area contributed by atoms with Gasteiger partial charge in [0.15, 0.2) is 0 Å². The molecule has 1 aliphatic rings. The molecule has 2 aromatic rings. The minimum atomic E-state index is 0.401. The number of piperidine rings is 1. The molecule has 0 aromatic carbocycles. The number of aromatic nitrogens is 4. The van der Waals surface area contributed by atoms with Crippen LogP contribution in [0, 0.1) is 6.92 Å². The first kappa shape index (κ1) is 14.3. The molecule has 1 N–H and O–H groups in total. The Hall–Kier alpha value is -1.63. The number of anilines is 1. The number of hydrogen-bond donors (Lipinski definition) is 1. The van der Waals surface area contributed by atoms with Crippen LogP contribution in [0.2, 0.25) is 0 Å². The zero-order chi connectivity index (χ0) is 14.8. The van der Waals surface area contributed by atoms with Crippen LogP contribution in [0.4, 0.5) is 5.82 Å². The maximum atomic E-state index is 5.11. The fourth-order valence-electron chi connectivity index (χ4n) is 2.81. The summed E-state index contributed by atoms with van der Waals surface area (Å²) in [6.45, 7) is 3.99. The van der Waals surface area contributed by atoms with Gasteiger partial charge in [0.05, 0.1) is 29.8 Å². The third kappa shape index (κ3) is 2.88. The smallest absolute Gasteiger partial charge is 0.318 e. The number of hydrogen-bond acceptors (Lipinski definition) is 5. The molecule has 0 saturated carbocycles. The van der Waals surface area contributed by atoms with Crippen LogP contribution in [-0.4, -0.2) is 40.1 Å². The predicted molar refractivity (Wildman–Crippen MR) is 83.8 cm³/mol. The van der Waals surface area contributed by atoms with Gasteiger partial charge in [-0.1, -0.05) is 0 Å². The minimum Gasteiger partial charge on any atom is -0.467 e. The SMILES string of the molecule is COc1ncc(Br)c(N2CCC(c3nc[nH]c3C)CC2)n1. The summed E-state index contributed by atoms with van der Waals surface area (Å²) in [6, 6.07) is 0.401. The monoisotopic (exact) mass is 351 g/mol. The Bertz CT molecular complexity index is 622. The van der Waals surface area contributed by atoms with Gasteiger partial charge in [-0.05, 0) is 35.7 Å². The van der Waals surface area contributed by atoms with Crippen molar-refractivity contribution in [3.8, 4) is 6.01 Å². The molecule has 0 spiro atoms. The molecule has 7 heteroatoms.